The van der Waals surface area contributed by atoms with Crippen molar-refractivity contribution in [1.82, 2.24) is 15.1 Å². The fourth-order valence-corrected chi connectivity index (χ4v) is 5.24. The van der Waals surface area contributed by atoms with Crippen LogP contribution in [-0.2, 0) is 0 Å². The van der Waals surface area contributed by atoms with Crippen LogP contribution in [0.25, 0.3) is 0 Å². The van der Waals surface area contributed by atoms with Crippen LogP contribution >= 0.6 is 23.2 Å². The molecule has 1 fully saturated rings. The quantitative estimate of drug-likeness (QED) is 0.336. The van der Waals surface area contributed by atoms with Gasteiger partial charge in [-0.15, -0.1) is 0 Å². The Hall–Kier alpha value is -3.06. The van der Waals surface area contributed by atoms with Crippen LogP contribution in [0.3, 0.4) is 0 Å². The Morgan fingerprint density at radius 3 is 2.23 bits per heavy atom. The number of nitrogens with one attached hydrogen (secondary N) is 1. The molecule has 39 heavy (non-hydrogen) atoms. The van der Waals surface area contributed by atoms with E-state index in [1.165, 1.54) is 0 Å². The number of hydrogen-bond donors (Lipinski definition) is 1. The molecule has 0 spiro atoms. The van der Waals surface area contributed by atoms with Gasteiger partial charge in [-0.3, -0.25) is 9.89 Å². The molecule has 204 valence electrons. The van der Waals surface area contributed by atoms with Crippen LogP contribution < -0.4 is 10.1 Å². The number of amidine groups is 1. The van der Waals surface area contributed by atoms with Crippen molar-refractivity contribution in [2.24, 2.45) is 10.9 Å². The molecule has 3 unspecified atom stereocenters. The lowest BCUT2D eigenvalue weighted by Crippen LogP contribution is -2.53. The number of piperazine rings is 1. The van der Waals surface area contributed by atoms with E-state index in [2.05, 4.69) is 19.2 Å². The zero-order valence-electron chi connectivity index (χ0n) is 22.3. The fourth-order valence-electron chi connectivity index (χ4n) is 4.99. The molecule has 2 heterocycles. The first-order chi connectivity index (χ1) is 19.0. The Bertz CT molecular complexity index is 1310. The average molecular weight is 566 g/mol. The summed E-state index contributed by atoms with van der Waals surface area (Å²) in [5.41, 5.74) is 2.74. The fraction of sp³-hybridized carbons (Fsp3) is 0.355. The third-order valence-electron chi connectivity index (χ3n) is 7.43. The van der Waals surface area contributed by atoms with Crippen molar-refractivity contribution in [3.05, 3.63) is 99.5 Å². The van der Waals surface area contributed by atoms with Crippen LogP contribution in [0.5, 0.6) is 5.75 Å². The van der Waals surface area contributed by atoms with Gasteiger partial charge in [0.15, 0.2) is 0 Å². The monoisotopic (exact) mass is 564 g/mol. The molecule has 2 amide bonds. The number of ether oxygens (including phenoxy) is 1. The van der Waals surface area contributed by atoms with E-state index in [4.69, 9.17) is 32.9 Å². The van der Waals surface area contributed by atoms with Crippen molar-refractivity contribution in [2.75, 3.05) is 32.8 Å². The number of carbonyl (C=O) groups is 1. The van der Waals surface area contributed by atoms with Gasteiger partial charge >= 0.3 is 6.03 Å². The summed E-state index contributed by atoms with van der Waals surface area (Å²) in [6.07, 6.45) is 1.02. The second kappa shape index (κ2) is 12.4. The van der Waals surface area contributed by atoms with Crippen LogP contribution in [0.1, 0.15) is 49.0 Å². The van der Waals surface area contributed by atoms with Gasteiger partial charge < -0.3 is 15.0 Å². The molecule has 0 bridgehead atoms. The molecule has 3 aromatic carbocycles. The summed E-state index contributed by atoms with van der Waals surface area (Å²) in [4.78, 5) is 23.4. The van der Waals surface area contributed by atoms with Crippen molar-refractivity contribution >= 4 is 35.1 Å². The Kier molecular flexibility index (Phi) is 8.75. The molecule has 0 radical (unpaired) electrons. The summed E-state index contributed by atoms with van der Waals surface area (Å²) in [7, 11) is 0. The van der Waals surface area contributed by atoms with E-state index in [9.17, 15) is 4.79 Å². The Balaban J connectivity index is 1.65. The smallest absolute Gasteiger partial charge is 0.326 e. The topological polar surface area (TPSA) is 57.2 Å². The lowest BCUT2D eigenvalue weighted by Gasteiger charge is -2.36. The highest BCUT2D eigenvalue weighted by molar-refractivity contribution is 6.30. The minimum absolute atomic E-state index is 0.0663. The summed E-state index contributed by atoms with van der Waals surface area (Å²) in [5.74, 6) is 1.74. The van der Waals surface area contributed by atoms with E-state index in [0.29, 0.717) is 41.5 Å². The molecule has 6 nitrogen and oxygen atoms in total. The molecule has 0 aliphatic carbocycles. The molecule has 1 N–H and O–H groups in total. The van der Waals surface area contributed by atoms with Gasteiger partial charge in [0.1, 0.15) is 17.6 Å². The number of benzene rings is 3. The Labute approximate surface area is 240 Å². The second-order valence-corrected chi connectivity index (χ2v) is 11.0. The summed E-state index contributed by atoms with van der Waals surface area (Å²) < 4.78 is 6.31. The molecule has 0 saturated carbocycles. The number of aliphatic imine (C=N–C) groups is 1. The second-order valence-electron chi connectivity index (χ2n) is 10.2. The number of para-hydroxylation sites is 1. The molecule has 1 saturated heterocycles. The molecule has 5 rings (SSSR count). The minimum Gasteiger partial charge on any atom is -0.493 e. The number of urea groups is 1. The zero-order chi connectivity index (χ0) is 27.4. The van der Waals surface area contributed by atoms with Crippen molar-refractivity contribution in [1.29, 1.82) is 0 Å². The Morgan fingerprint density at radius 1 is 0.974 bits per heavy atom. The largest absolute Gasteiger partial charge is 0.493 e. The molecule has 2 aliphatic heterocycles. The van der Waals surface area contributed by atoms with Gasteiger partial charge in [0, 0.05) is 36.2 Å². The van der Waals surface area contributed by atoms with Gasteiger partial charge in [-0.05, 0) is 53.4 Å². The van der Waals surface area contributed by atoms with Crippen molar-refractivity contribution < 1.29 is 9.53 Å². The number of rotatable bonds is 7. The highest BCUT2D eigenvalue weighted by atomic mass is 35.5. The molecule has 2 aliphatic rings. The predicted molar refractivity (Wildman–Crippen MR) is 158 cm³/mol. The average Bonchev–Trinajstić information content (AvgIpc) is 3.37. The maximum atomic E-state index is 14.3. The van der Waals surface area contributed by atoms with E-state index in [1.807, 2.05) is 82.6 Å². The van der Waals surface area contributed by atoms with E-state index < -0.39 is 0 Å². The van der Waals surface area contributed by atoms with Gasteiger partial charge in [-0.2, -0.15) is 0 Å². The summed E-state index contributed by atoms with van der Waals surface area (Å²) in [6.45, 7) is 7.69. The maximum absolute atomic E-state index is 14.3. The van der Waals surface area contributed by atoms with Gasteiger partial charge in [0.2, 0.25) is 0 Å². The van der Waals surface area contributed by atoms with Crippen molar-refractivity contribution in [2.45, 2.75) is 32.4 Å². The SMILES string of the molecule is CCC(C)COc1ccccc1C1=NC(c2ccc(Cl)cc2)C(c2ccc(Cl)cc2)N1C(=O)N1CCNCC1. The lowest BCUT2D eigenvalue weighted by atomic mass is 9.93. The van der Waals surface area contributed by atoms with Crippen molar-refractivity contribution in [3.63, 3.8) is 0 Å². The maximum Gasteiger partial charge on any atom is 0.326 e. The van der Waals surface area contributed by atoms with E-state index in [0.717, 1.165) is 42.0 Å². The van der Waals surface area contributed by atoms with E-state index >= 15 is 0 Å². The number of amides is 2. The highest BCUT2D eigenvalue weighted by Gasteiger charge is 2.44. The van der Waals surface area contributed by atoms with Crippen LogP contribution in [0.2, 0.25) is 10.0 Å². The number of halogens is 2. The molecular formula is C31H34Cl2N4O2. The van der Waals surface area contributed by atoms with E-state index in [-0.39, 0.29) is 18.1 Å². The molecular weight excluding hydrogens is 531 g/mol. The number of nitrogens with zero attached hydrogens (tertiary/aromatic N) is 3. The Morgan fingerprint density at radius 2 is 1.59 bits per heavy atom. The standard InChI is InChI=1S/C31H34Cl2N4O2/c1-3-21(2)20-39-27-7-5-4-6-26(27)30-35-28(22-8-12-24(32)13-9-22)29(23-10-14-25(33)15-11-23)37(30)31(38)36-18-16-34-17-19-36/h4-15,21,28-29,34H,3,16-20H2,1-2H3. The first kappa shape index (κ1) is 27.5. The summed E-state index contributed by atoms with van der Waals surface area (Å²) in [5, 5.41) is 4.64. The zero-order valence-corrected chi connectivity index (χ0v) is 23.8. The van der Waals surface area contributed by atoms with E-state index in [1.54, 1.807) is 0 Å². The van der Waals surface area contributed by atoms with Crippen LogP contribution in [0, 0.1) is 5.92 Å². The molecule has 3 atom stereocenters. The first-order valence-electron chi connectivity index (χ1n) is 13.6. The van der Waals surface area contributed by atoms with Gasteiger partial charge in [-0.25, -0.2) is 4.79 Å². The third kappa shape index (κ3) is 6.08. The molecule has 8 heteroatoms. The summed E-state index contributed by atoms with van der Waals surface area (Å²) in [6, 6.07) is 22.5. The van der Waals surface area contributed by atoms with Crippen molar-refractivity contribution in [3.8, 4) is 5.75 Å². The van der Waals surface area contributed by atoms with Crippen LogP contribution in [0.15, 0.2) is 77.8 Å². The normalized spacial score (nSPS) is 20.1. The number of carbonyl (C=O) groups excluding carboxylic acids is 1. The first-order valence-corrected chi connectivity index (χ1v) is 14.3. The predicted octanol–water partition coefficient (Wildman–Crippen LogP) is 6.99. The van der Waals surface area contributed by atoms with Gasteiger partial charge in [-0.1, -0.05) is 79.9 Å². The van der Waals surface area contributed by atoms with Crippen LogP contribution in [0.4, 0.5) is 4.79 Å². The van der Waals surface area contributed by atoms with Crippen LogP contribution in [-0.4, -0.2) is 54.5 Å². The lowest BCUT2D eigenvalue weighted by molar-refractivity contribution is 0.157. The molecule has 0 aromatic heterocycles. The summed E-state index contributed by atoms with van der Waals surface area (Å²) >= 11 is 12.5. The van der Waals surface area contributed by atoms with Gasteiger partial charge in [0.25, 0.3) is 0 Å². The third-order valence-corrected chi connectivity index (χ3v) is 7.94. The number of hydrogen-bond acceptors (Lipinski definition) is 4. The van der Waals surface area contributed by atoms with Gasteiger partial charge in [0.05, 0.1) is 18.2 Å². The molecule has 3 aromatic rings. The minimum atomic E-state index is -0.372. The highest BCUT2D eigenvalue weighted by Crippen LogP contribution is 2.45.